The Balaban J connectivity index is 1.20. The SMILES string of the molecule is Cc1ccc(CN2CCC(C(=O)N3CCN(Cc4ccccc4)CC3)CC2)o1. The molecule has 4 rings (SSSR count). The molecule has 5 nitrogen and oxygen atoms in total. The minimum absolute atomic E-state index is 0.190. The van der Waals surface area contributed by atoms with E-state index in [1.807, 2.05) is 13.0 Å². The third-order valence-electron chi connectivity index (χ3n) is 6.05. The predicted octanol–water partition coefficient (Wildman–Crippen LogP) is 3.14. The summed E-state index contributed by atoms with van der Waals surface area (Å²) in [5, 5.41) is 0. The molecule has 0 saturated carbocycles. The number of furan rings is 1. The number of hydrogen-bond donors (Lipinski definition) is 0. The average Bonchev–Trinajstić information content (AvgIpc) is 3.14. The molecule has 0 unspecified atom stereocenters. The zero-order chi connectivity index (χ0) is 19.3. The summed E-state index contributed by atoms with van der Waals surface area (Å²) >= 11 is 0. The molecule has 1 amide bonds. The van der Waals surface area contributed by atoms with E-state index in [1.54, 1.807) is 0 Å². The van der Waals surface area contributed by atoms with Gasteiger partial charge in [0, 0.05) is 38.6 Å². The number of benzene rings is 1. The predicted molar refractivity (Wildman–Crippen MR) is 110 cm³/mol. The maximum atomic E-state index is 13.0. The van der Waals surface area contributed by atoms with Crippen LogP contribution in [0.2, 0.25) is 0 Å². The van der Waals surface area contributed by atoms with E-state index >= 15 is 0 Å². The number of likely N-dealkylation sites (tertiary alicyclic amines) is 1. The average molecular weight is 382 g/mol. The van der Waals surface area contributed by atoms with Crippen LogP contribution >= 0.6 is 0 Å². The molecule has 3 heterocycles. The zero-order valence-electron chi connectivity index (χ0n) is 16.8. The highest BCUT2D eigenvalue weighted by atomic mass is 16.3. The highest BCUT2D eigenvalue weighted by Crippen LogP contribution is 2.22. The molecule has 2 aliphatic rings. The summed E-state index contributed by atoms with van der Waals surface area (Å²) in [7, 11) is 0. The number of rotatable bonds is 5. The number of hydrogen-bond acceptors (Lipinski definition) is 4. The number of piperazine rings is 1. The standard InChI is InChI=1S/C23H31N3O2/c1-19-7-8-22(28-19)18-24-11-9-21(10-12-24)23(27)26-15-13-25(14-16-26)17-20-5-3-2-4-6-20/h2-8,21H,9-18H2,1H3. The maximum Gasteiger partial charge on any atom is 0.225 e. The quantitative estimate of drug-likeness (QED) is 0.798. The van der Waals surface area contributed by atoms with E-state index in [4.69, 9.17) is 4.42 Å². The van der Waals surface area contributed by atoms with Crippen molar-refractivity contribution < 1.29 is 9.21 Å². The molecule has 0 bridgehead atoms. The zero-order valence-corrected chi connectivity index (χ0v) is 16.8. The van der Waals surface area contributed by atoms with Crippen LogP contribution in [0, 0.1) is 12.8 Å². The Morgan fingerprint density at radius 1 is 0.893 bits per heavy atom. The Kier molecular flexibility index (Phi) is 6.13. The number of amides is 1. The first-order valence-electron chi connectivity index (χ1n) is 10.5. The van der Waals surface area contributed by atoms with E-state index in [9.17, 15) is 4.79 Å². The number of aryl methyl sites for hydroxylation is 1. The highest BCUT2D eigenvalue weighted by Gasteiger charge is 2.30. The molecule has 2 fully saturated rings. The van der Waals surface area contributed by atoms with Crippen molar-refractivity contribution in [2.75, 3.05) is 39.3 Å². The molecule has 5 heteroatoms. The van der Waals surface area contributed by atoms with Gasteiger partial charge in [0.1, 0.15) is 11.5 Å². The van der Waals surface area contributed by atoms with Gasteiger partial charge < -0.3 is 9.32 Å². The van der Waals surface area contributed by atoms with E-state index in [-0.39, 0.29) is 5.92 Å². The normalized spacial score (nSPS) is 19.8. The molecule has 2 aliphatic heterocycles. The molecule has 150 valence electrons. The lowest BCUT2D eigenvalue weighted by Gasteiger charge is -2.38. The van der Waals surface area contributed by atoms with Crippen LogP contribution in [0.15, 0.2) is 46.9 Å². The molecule has 2 saturated heterocycles. The summed E-state index contributed by atoms with van der Waals surface area (Å²) in [5.41, 5.74) is 1.35. The van der Waals surface area contributed by atoms with Gasteiger partial charge in [0.05, 0.1) is 6.54 Å². The smallest absolute Gasteiger partial charge is 0.225 e. The molecule has 1 aromatic carbocycles. The van der Waals surface area contributed by atoms with Gasteiger partial charge in [0.15, 0.2) is 0 Å². The summed E-state index contributed by atoms with van der Waals surface area (Å²) in [5.74, 6) is 2.55. The first-order chi connectivity index (χ1) is 13.7. The fourth-order valence-corrected chi connectivity index (χ4v) is 4.35. The van der Waals surface area contributed by atoms with Gasteiger partial charge in [-0.15, -0.1) is 0 Å². The van der Waals surface area contributed by atoms with Crippen molar-refractivity contribution in [3.63, 3.8) is 0 Å². The van der Waals surface area contributed by atoms with Crippen LogP contribution in [-0.2, 0) is 17.9 Å². The minimum Gasteiger partial charge on any atom is -0.465 e. The van der Waals surface area contributed by atoms with Gasteiger partial charge in [-0.05, 0) is 50.6 Å². The number of nitrogens with zero attached hydrogens (tertiary/aromatic N) is 3. The van der Waals surface area contributed by atoms with Crippen molar-refractivity contribution in [3.05, 3.63) is 59.5 Å². The minimum atomic E-state index is 0.190. The van der Waals surface area contributed by atoms with Gasteiger partial charge in [-0.2, -0.15) is 0 Å². The van der Waals surface area contributed by atoms with Crippen molar-refractivity contribution >= 4 is 5.91 Å². The Morgan fingerprint density at radius 2 is 1.57 bits per heavy atom. The van der Waals surface area contributed by atoms with Gasteiger partial charge in [0.25, 0.3) is 0 Å². The van der Waals surface area contributed by atoms with E-state index in [0.29, 0.717) is 5.91 Å². The summed E-state index contributed by atoms with van der Waals surface area (Å²) in [4.78, 5) is 19.9. The van der Waals surface area contributed by atoms with E-state index < -0.39 is 0 Å². The van der Waals surface area contributed by atoms with Crippen LogP contribution in [0.1, 0.15) is 29.9 Å². The fourth-order valence-electron chi connectivity index (χ4n) is 4.35. The highest BCUT2D eigenvalue weighted by molar-refractivity contribution is 5.79. The largest absolute Gasteiger partial charge is 0.465 e. The van der Waals surface area contributed by atoms with Crippen LogP contribution in [0.5, 0.6) is 0 Å². The van der Waals surface area contributed by atoms with Gasteiger partial charge >= 0.3 is 0 Å². The summed E-state index contributed by atoms with van der Waals surface area (Å²) in [6, 6.07) is 14.7. The lowest BCUT2D eigenvalue weighted by Crippen LogP contribution is -2.51. The summed E-state index contributed by atoms with van der Waals surface area (Å²) < 4.78 is 5.69. The molecule has 0 N–H and O–H groups in total. The number of carbonyl (C=O) groups is 1. The first-order valence-corrected chi connectivity index (χ1v) is 10.5. The van der Waals surface area contributed by atoms with Crippen molar-refractivity contribution in [1.82, 2.24) is 14.7 Å². The monoisotopic (exact) mass is 381 g/mol. The number of carbonyl (C=O) groups excluding carboxylic acids is 1. The van der Waals surface area contributed by atoms with Crippen LogP contribution in [0.3, 0.4) is 0 Å². The number of piperidine rings is 1. The molecule has 0 aliphatic carbocycles. The Hall–Kier alpha value is -2.11. The van der Waals surface area contributed by atoms with Crippen LogP contribution in [-0.4, -0.2) is 59.9 Å². The van der Waals surface area contributed by atoms with Crippen molar-refractivity contribution in [2.45, 2.75) is 32.9 Å². The first kappa shape index (κ1) is 19.2. The fraction of sp³-hybridized carbons (Fsp3) is 0.522. The molecule has 0 radical (unpaired) electrons. The second kappa shape index (κ2) is 8.93. The molecule has 2 aromatic rings. The third kappa shape index (κ3) is 4.83. The third-order valence-corrected chi connectivity index (χ3v) is 6.05. The van der Waals surface area contributed by atoms with Crippen LogP contribution < -0.4 is 0 Å². The van der Waals surface area contributed by atoms with Gasteiger partial charge in [-0.1, -0.05) is 30.3 Å². The molecule has 28 heavy (non-hydrogen) atoms. The van der Waals surface area contributed by atoms with Crippen LogP contribution in [0.25, 0.3) is 0 Å². The van der Waals surface area contributed by atoms with Crippen molar-refractivity contribution in [3.8, 4) is 0 Å². The van der Waals surface area contributed by atoms with Gasteiger partial charge in [0.2, 0.25) is 5.91 Å². The molecule has 1 aromatic heterocycles. The second-order valence-corrected chi connectivity index (χ2v) is 8.15. The Labute approximate surface area is 167 Å². The van der Waals surface area contributed by atoms with Gasteiger partial charge in [-0.25, -0.2) is 0 Å². The lowest BCUT2D eigenvalue weighted by molar-refractivity contribution is -0.139. The Bertz CT molecular complexity index is 757. The second-order valence-electron chi connectivity index (χ2n) is 8.15. The maximum absolute atomic E-state index is 13.0. The molecule has 0 spiro atoms. The topological polar surface area (TPSA) is 39.9 Å². The van der Waals surface area contributed by atoms with E-state index in [2.05, 4.69) is 51.1 Å². The summed E-state index contributed by atoms with van der Waals surface area (Å²) in [6.45, 7) is 9.42. The van der Waals surface area contributed by atoms with Crippen molar-refractivity contribution in [1.29, 1.82) is 0 Å². The molecular formula is C23H31N3O2. The van der Waals surface area contributed by atoms with Gasteiger partial charge in [-0.3, -0.25) is 14.6 Å². The van der Waals surface area contributed by atoms with Crippen LogP contribution in [0.4, 0.5) is 0 Å². The Morgan fingerprint density at radius 3 is 2.21 bits per heavy atom. The summed E-state index contributed by atoms with van der Waals surface area (Å²) in [6.07, 6.45) is 1.92. The van der Waals surface area contributed by atoms with Crippen molar-refractivity contribution in [2.24, 2.45) is 5.92 Å². The van der Waals surface area contributed by atoms with E-state index in [0.717, 1.165) is 76.7 Å². The molecular weight excluding hydrogens is 350 g/mol. The lowest BCUT2D eigenvalue weighted by atomic mass is 9.95. The molecule has 0 atom stereocenters. The van der Waals surface area contributed by atoms with E-state index in [1.165, 1.54) is 5.56 Å².